The Kier molecular flexibility index (Phi) is 7.26. The molecule has 2 N–H and O–H groups in total. The summed E-state index contributed by atoms with van der Waals surface area (Å²) in [7, 11) is -3.24. The SMILES string of the molecule is COc1cc(C(=O)O)c(F)cc1NS(=O)(=O)c1csc(-c2ccc(C3CCC(C)(C)CC3)c(F)c2F)n1. The minimum absolute atomic E-state index is 0.0486. The predicted molar refractivity (Wildman–Crippen MR) is 133 cm³/mol. The van der Waals surface area contributed by atoms with Gasteiger partial charge in [0, 0.05) is 17.0 Å². The number of hydrogen-bond donors (Lipinski definition) is 2. The molecule has 0 radical (unpaired) electrons. The van der Waals surface area contributed by atoms with E-state index < -0.39 is 44.0 Å². The van der Waals surface area contributed by atoms with Crippen LogP contribution in [0.1, 0.15) is 61.4 Å². The summed E-state index contributed by atoms with van der Waals surface area (Å²) >= 11 is 0.804. The summed E-state index contributed by atoms with van der Waals surface area (Å²) < 4.78 is 77.1. The second-order valence-corrected chi connectivity index (χ2v) is 12.2. The molecule has 1 aliphatic carbocycles. The molecule has 0 amide bonds. The Bertz CT molecular complexity index is 1460. The number of thiazole rings is 1. The summed E-state index contributed by atoms with van der Waals surface area (Å²) in [5.41, 5.74) is -0.735. The lowest BCUT2D eigenvalue weighted by atomic mass is 9.71. The Morgan fingerprint density at radius 3 is 2.46 bits per heavy atom. The van der Waals surface area contributed by atoms with Gasteiger partial charge in [-0.3, -0.25) is 4.72 Å². The molecule has 0 spiro atoms. The molecule has 1 aliphatic rings. The molecule has 198 valence electrons. The number of methoxy groups -OCH3 is 1. The summed E-state index contributed by atoms with van der Waals surface area (Å²) in [5, 5.41) is 9.64. The van der Waals surface area contributed by atoms with Crippen LogP contribution in [0.2, 0.25) is 0 Å². The molecule has 0 bridgehead atoms. The number of sulfonamides is 1. The van der Waals surface area contributed by atoms with Crippen molar-refractivity contribution >= 4 is 33.0 Å². The first-order chi connectivity index (χ1) is 17.3. The van der Waals surface area contributed by atoms with Crippen LogP contribution in [0.3, 0.4) is 0 Å². The van der Waals surface area contributed by atoms with Crippen molar-refractivity contribution in [3.05, 3.63) is 58.2 Å². The highest BCUT2D eigenvalue weighted by molar-refractivity contribution is 7.92. The van der Waals surface area contributed by atoms with Crippen molar-refractivity contribution in [2.24, 2.45) is 5.41 Å². The van der Waals surface area contributed by atoms with Gasteiger partial charge in [-0.1, -0.05) is 19.9 Å². The number of nitrogens with zero attached hydrogens (tertiary/aromatic N) is 1. The topological polar surface area (TPSA) is 106 Å². The average molecular weight is 555 g/mol. The van der Waals surface area contributed by atoms with Crippen molar-refractivity contribution in [3.8, 4) is 16.3 Å². The van der Waals surface area contributed by atoms with Crippen molar-refractivity contribution in [2.75, 3.05) is 11.8 Å². The zero-order valence-electron chi connectivity index (χ0n) is 20.3. The fraction of sp³-hybridized carbons (Fsp3) is 0.360. The van der Waals surface area contributed by atoms with Crippen LogP contribution >= 0.6 is 11.3 Å². The highest BCUT2D eigenvalue weighted by Gasteiger charge is 2.31. The molecule has 37 heavy (non-hydrogen) atoms. The van der Waals surface area contributed by atoms with Gasteiger partial charge in [-0.25, -0.2) is 22.9 Å². The van der Waals surface area contributed by atoms with E-state index in [4.69, 9.17) is 9.84 Å². The van der Waals surface area contributed by atoms with Gasteiger partial charge < -0.3 is 9.84 Å². The number of halogens is 3. The molecular formula is C25H25F3N2O5S2. The van der Waals surface area contributed by atoms with Crippen molar-refractivity contribution < 1.29 is 36.2 Å². The number of ether oxygens (including phenoxy) is 1. The fourth-order valence-corrected chi connectivity index (χ4v) is 6.60. The van der Waals surface area contributed by atoms with Crippen LogP contribution < -0.4 is 9.46 Å². The summed E-state index contributed by atoms with van der Waals surface area (Å²) in [6.07, 6.45) is 3.33. The highest BCUT2D eigenvalue weighted by Crippen LogP contribution is 2.44. The molecule has 0 aliphatic heterocycles. The molecule has 1 heterocycles. The lowest BCUT2D eigenvalue weighted by Crippen LogP contribution is -2.21. The third-order valence-corrected chi connectivity index (χ3v) is 8.92. The highest BCUT2D eigenvalue weighted by atomic mass is 32.2. The first kappa shape index (κ1) is 26.9. The number of carboxylic acids is 1. The number of rotatable bonds is 7. The van der Waals surface area contributed by atoms with Crippen LogP contribution in [-0.2, 0) is 10.0 Å². The van der Waals surface area contributed by atoms with Gasteiger partial charge in [0.15, 0.2) is 16.7 Å². The molecule has 1 fully saturated rings. The Labute approximate surface area is 216 Å². The molecule has 0 saturated heterocycles. The van der Waals surface area contributed by atoms with E-state index in [9.17, 15) is 17.6 Å². The zero-order chi connectivity index (χ0) is 27.1. The van der Waals surface area contributed by atoms with Crippen molar-refractivity contribution in [1.29, 1.82) is 0 Å². The van der Waals surface area contributed by atoms with Crippen LogP contribution in [0.4, 0.5) is 18.9 Å². The molecule has 1 saturated carbocycles. The van der Waals surface area contributed by atoms with Crippen LogP contribution in [0.25, 0.3) is 10.6 Å². The maximum atomic E-state index is 15.1. The van der Waals surface area contributed by atoms with Gasteiger partial charge in [0.1, 0.15) is 16.6 Å². The van der Waals surface area contributed by atoms with E-state index >= 15 is 8.78 Å². The van der Waals surface area contributed by atoms with Gasteiger partial charge in [-0.2, -0.15) is 8.42 Å². The second kappa shape index (κ2) is 9.97. The number of carbonyl (C=O) groups is 1. The van der Waals surface area contributed by atoms with Gasteiger partial charge >= 0.3 is 5.97 Å². The van der Waals surface area contributed by atoms with E-state index in [1.165, 1.54) is 12.1 Å². The minimum Gasteiger partial charge on any atom is -0.495 e. The van der Waals surface area contributed by atoms with Gasteiger partial charge in [0.05, 0.1) is 18.4 Å². The first-order valence-corrected chi connectivity index (χ1v) is 13.8. The molecular weight excluding hydrogens is 529 g/mol. The Hall–Kier alpha value is -3.12. The van der Waals surface area contributed by atoms with Crippen LogP contribution in [-0.4, -0.2) is 31.6 Å². The largest absolute Gasteiger partial charge is 0.495 e. The van der Waals surface area contributed by atoms with Crippen LogP contribution in [0, 0.1) is 22.9 Å². The lowest BCUT2D eigenvalue weighted by Gasteiger charge is -2.34. The molecule has 7 nitrogen and oxygen atoms in total. The normalized spacial score (nSPS) is 15.9. The summed E-state index contributed by atoms with van der Waals surface area (Å²) in [6.45, 7) is 4.31. The van der Waals surface area contributed by atoms with Gasteiger partial charge in [0.2, 0.25) is 0 Å². The monoisotopic (exact) mass is 554 g/mol. The summed E-state index contributed by atoms with van der Waals surface area (Å²) in [4.78, 5) is 15.1. The number of anilines is 1. The second-order valence-electron chi connectivity index (χ2n) is 9.70. The maximum Gasteiger partial charge on any atom is 0.338 e. The number of carboxylic acid groups (broad SMARTS) is 1. The van der Waals surface area contributed by atoms with Gasteiger partial charge in [-0.15, -0.1) is 11.3 Å². The van der Waals surface area contributed by atoms with E-state index in [-0.39, 0.29) is 33.3 Å². The Morgan fingerprint density at radius 1 is 1.16 bits per heavy atom. The minimum atomic E-state index is -4.40. The molecule has 3 aromatic rings. The quantitative estimate of drug-likeness (QED) is 0.349. The lowest BCUT2D eigenvalue weighted by molar-refractivity contribution is 0.0691. The maximum absolute atomic E-state index is 15.1. The van der Waals surface area contributed by atoms with E-state index in [1.807, 2.05) is 0 Å². The van der Waals surface area contributed by atoms with Crippen LogP contribution in [0.15, 0.2) is 34.7 Å². The molecule has 2 aromatic carbocycles. The number of nitrogens with one attached hydrogen (secondary N) is 1. The van der Waals surface area contributed by atoms with Crippen molar-refractivity contribution in [3.63, 3.8) is 0 Å². The molecule has 0 atom stereocenters. The van der Waals surface area contributed by atoms with E-state index in [1.54, 1.807) is 0 Å². The average Bonchev–Trinajstić information content (AvgIpc) is 3.32. The van der Waals surface area contributed by atoms with Crippen molar-refractivity contribution in [1.82, 2.24) is 4.98 Å². The van der Waals surface area contributed by atoms with Crippen LogP contribution in [0.5, 0.6) is 5.75 Å². The number of aromatic carboxylic acids is 1. The third kappa shape index (κ3) is 5.45. The van der Waals surface area contributed by atoms with Gasteiger partial charge in [-0.05, 0) is 54.7 Å². The van der Waals surface area contributed by atoms with Crippen molar-refractivity contribution in [2.45, 2.75) is 50.5 Å². The molecule has 0 unspecified atom stereocenters. The summed E-state index contributed by atoms with van der Waals surface area (Å²) in [5.74, 6) is -5.10. The fourth-order valence-electron chi connectivity index (χ4n) is 4.42. The number of hydrogen-bond acceptors (Lipinski definition) is 6. The number of benzene rings is 2. The Morgan fingerprint density at radius 2 is 1.84 bits per heavy atom. The summed E-state index contributed by atoms with van der Waals surface area (Å²) in [6, 6.07) is 4.45. The smallest absolute Gasteiger partial charge is 0.338 e. The Balaban J connectivity index is 1.60. The molecule has 1 aromatic heterocycles. The predicted octanol–water partition coefficient (Wildman–Crippen LogP) is 6.42. The third-order valence-electron chi connectivity index (χ3n) is 6.64. The number of aromatic nitrogens is 1. The van der Waals surface area contributed by atoms with E-state index in [0.29, 0.717) is 11.6 Å². The van der Waals surface area contributed by atoms with Gasteiger partial charge in [0.25, 0.3) is 10.0 Å². The van der Waals surface area contributed by atoms with E-state index in [0.717, 1.165) is 55.6 Å². The van der Waals surface area contributed by atoms with E-state index in [2.05, 4.69) is 23.6 Å². The standard InChI is InChI=1S/C25H25F3N2O5S2/c1-25(2)8-6-13(7-9-25)14-4-5-15(22(28)21(14)27)23-29-20(12-36-23)37(33,34)30-18-11-17(26)16(24(31)32)10-19(18)35-3/h4-5,10-13,30H,6-9H2,1-3H3,(H,31,32). The molecule has 4 rings (SSSR count). The zero-order valence-corrected chi connectivity index (χ0v) is 21.9. The first-order valence-electron chi connectivity index (χ1n) is 11.4. The molecule has 12 heteroatoms.